The second-order valence-electron chi connectivity index (χ2n) is 6.02. The van der Waals surface area contributed by atoms with Gasteiger partial charge in [0.2, 0.25) is 5.91 Å². The predicted molar refractivity (Wildman–Crippen MR) is 84.6 cm³/mol. The zero-order valence-electron chi connectivity index (χ0n) is 14.3. The largest absolute Gasteiger partial charge is 0.463 e. The summed E-state index contributed by atoms with van der Waals surface area (Å²) in [4.78, 5) is 25.7. The average Bonchev–Trinajstić information content (AvgIpc) is 2.41. The van der Waals surface area contributed by atoms with Crippen molar-refractivity contribution in [2.45, 2.75) is 53.6 Å². The number of amides is 1. The third-order valence-corrected chi connectivity index (χ3v) is 3.50. The maximum Gasteiger partial charge on any atom is 0.333 e. The van der Waals surface area contributed by atoms with Crippen LogP contribution in [0.25, 0.3) is 0 Å². The Morgan fingerprint density at radius 3 is 2.10 bits per heavy atom. The molecule has 0 rings (SSSR count). The third kappa shape index (κ3) is 5.87. The van der Waals surface area contributed by atoms with E-state index in [0.29, 0.717) is 12.2 Å². The highest BCUT2D eigenvalue weighted by Gasteiger charge is 2.27. The van der Waals surface area contributed by atoms with Crippen LogP contribution in [0.1, 0.15) is 41.5 Å². The fraction of sp³-hybridized carbons (Fsp3) is 0.750. The van der Waals surface area contributed by atoms with Gasteiger partial charge in [-0.2, -0.15) is 0 Å². The number of carbonyl (C=O) groups excluding carboxylic acids is 2. The fourth-order valence-electron chi connectivity index (χ4n) is 1.99. The number of esters is 1. The van der Waals surface area contributed by atoms with Gasteiger partial charge < -0.3 is 15.4 Å². The van der Waals surface area contributed by atoms with Crippen LogP contribution in [-0.2, 0) is 14.3 Å². The number of nitrogens with zero attached hydrogens (tertiary/aromatic N) is 1. The van der Waals surface area contributed by atoms with Crippen molar-refractivity contribution in [2.24, 2.45) is 17.6 Å². The van der Waals surface area contributed by atoms with Gasteiger partial charge in [0.25, 0.3) is 0 Å². The van der Waals surface area contributed by atoms with Crippen molar-refractivity contribution in [3.63, 3.8) is 0 Å². The van der Waals surface area contributed by atoms with Gasteiger partial charge in [0.1, 0.15) is 0 Å². The number of rotatable bonds is 7. The molecule has 2 atom stereocenters. The minimum atomic E-state index is -0.535. The number of carbonyl (C=O) groups is 2. The van der Waals surface area contributed by atoms with Crippen LogP contribution in [0.3, 0.4) is 0 Å². The summed E-state index contributed by atoms with van der Waals surface area (Å²) in [5.41, 5.74) is 6.44. The van der Waals surface area contributed by atoms with Crippen LogP contribution in [-0.4, -0.2) is 42.5 Å². The van der Waals surface area contributed by atoms with E-state index in [4.69, 9.17) is 10.5 Å². The maximum absolute atomic E-state index is 12.4. The summed E-state index contributed by atoms with van der Waals surface area (Å²) in [6, 6.07) is -0.723. The smallest absolute Gasteiger partial charge is 0.333 e. The molecule has 0 fully saturated rings. The minimum absolute atomic E-state index is 0.0721. The van der Waals surface area contributed by atoms with Crippen LogP contribution >= 0.6 is 0 Å². The van der Waals surface area contributed by atoms with Gasteiger partial charge in [-0.25, -0.2) is 4.79 Å². The van der Waals surface area contributed by atoms with Gasteiger partial charge in [-0.05, 0) is 25.7 Å². The second-order valence-corrected chi connectivity index (χ2v) is 6.02. The zero-order chi connectivity index (χ0) is 16.7. The Kier molecular flexibility index (Phi) is 8.25. The zero-order valence-corrected chi connectivity index (χ0v) is 14.3. The monoisotopic (exact) mass is 298 g/mol. The topological polar surface area (TPSA) is 72.6 Å². The fourth-order valence-corrected chi connectivity index (χ4v) is 1.99. The molecular formula is C16H30N2O3. The van der Waals surface area contributed by atoms with Crippen LogP contribution < -0.4 is 5.73 Å². The van der Waals surface area contributed by atoms with E-state index >= 15 is 0 Å². The predicted octanol–water partition coefficient (Wildman–Crippen LogP) is 1.96. The summed E-state index contributed by atoms with van der Waals surface area (Å²) in [6.07, 6.45) is 1.79. The van der Waals surface area contributed by atoms with Gasteiger partial charge in [-0.3, -0.25) is 4.79 Å². The molecular weight excluding hydrogens is 268 g/mol. The molecule has 0 aromatic rings. The van der Waals surface area contributed by atoms with E-state index in [0.717, 1.165) is 0 Å². The molecule has 1 unspecified atom stereocenters. The molecule has 0 aliphatic carbocycles. The highest BCUT2D eigenvalue weighted by atomic mass is 16.5. The van der Waals surface area contributed by atoms with Crippen molar-refractivity contribution in [1.82, 2.24) is 4.90 Å². The average molecular weight is 298 g/mol. The lowest BCUT2D eigenvalue weighted by atomic mass is 9.97. The SMILES string of the molecule is CCOC(=O)C(C)=C[C@H](C(C)C)N(C)C(=O)C(N)C(C)C. The second kappa shape index (κ2) is 8.82. The Labute approximate surface area is 128 Å². The first-order valence-electron chi connectivity index (χ1n) is 7.51. The van der Waals surface area contributed by atoms with Crippen molar-refractivity contribution in [1.29, 1.82) is 0 Å². The van der Waals surface area contributed by atoms with E-state index in [9.17, 15) is 9.59 Å². The van der Waals surface area contributed by atoms with Crippen molar-refractivity contribution in [3.8, 4) is 0 Å². The molecule has 0 aliphatic heterocycles. The lowest BCUT2D eigenvalue weighted by Gasteiger charge is -2.32. The quantitative estimate of drug-likeness (QED) is 0.576. The first kappa shape index (κ1) is 19.6. The van der Waals surface area contributed by atoms with Gasteiger partial charge in [0.05, 0.1) is 18.7 Å². The lowest BCUT2D eigenvalue weighted by Crippen LogP contribution is -2.49. The van der Waals surface area contributed by atoms with E-state index in [-0.39, 0.29) is 29.8 Å². The van der Waals surface area contributed by atoms with Crippen LogP contribution in [0.15, 0.2) is 11.6 Å². The molecule has 0 aromatic heterocycles. The van der Waals surface area contributed by atoms with Crippen LogP contribution in [0, 0.1) is 11.8 Å². The maximum atomic E-state index is 12.4. The molecule has 0 saturated heterocycles. The van der Waals surface area contributed by atoms with E-state index in [2.05, 4.69) is 0 Å². The highest BCUT2D eigenvalue weighted by molar-refractivity contribution is 5.88. The van der Waals surface area contributed by atoms with E-state index in [1.54, 1.807) is 31.9 Å². The number of ether oxygens (including phenoxy) is 1. The lowest BCUT2D eigenvalue weighted by molar-refractivity contribution is -0.139. The summed E-state index contributed by atoms with van der Waals surface area (Å²) in [5.74, 6) is -0.223. The van der Waals surface area contributed by atoms with Crippen molar-refractivity contribution < 1.29 is 14.3 Å². The summed E-state index contributed by atoms with van der Waals surface area (Å²) in [7, 11) is 1.73. The van der Waals surface area contributed by atoms with Crippen LogP contribution in [0.5, 0.6) is 0 Å². The summed E-state index contributed by atoms with van der Waals surface area (Å²) in [5, 5.41) is 0. The van der Waals surface area contributed by atoms with E-state index in [1.807, 2.05) is 27.7 Å². The molecule has 0 heterocycles. The third-order valence-electron chi connectivity index (χ3n) is 3.50. The van der Waals surface area contributed by atoms with Gasteiger partial charge in [-0.15, -0.1) is 0 Å². The van der Waals surface area contributed by atoms with Gasteiger partial charge in [0.15, 0.2) is 0 Å². The molecule has 122 valence electrons. The Morgan fingerprint density at radius 1 is 1.19 bits per heavy atom. The normalized spacial score (nSPS) is 15.0. The molecule has 0 radical (unpaired) electrons. The molecule has 0 saturated carbocycles. The standard InChI is InChI=1S/C16H30N2O3/c1-8-21-16(20)12(6)9-13(10(2)3)18(7)15(19)14(17)11(4)5/h9-11,13-14H,8,17H2,1-7H3/t13-,14?/m1/s1. The molecule has 5 nitrogen and oxygen atoms in total. The molecule has 2 N–H and O–H groups in total. The molecule has 0 aliphatic rings. The Hall–Kier alpha value is -1.36. The van der Waals surface area contributed by atoms with Gasteiger partial charge >= 0.3 is 5.97 Å². The molecule has 21 heavy (non-hydrogen) atoms. The van der Waals surface area contributed by atoms with Gasteiger partial charge in [0, 0.05) is 12.6 Å². The van der Waals surface area contributed by atoms with E-state index < -0.39 is 6.04 Å². The molecule has 0 aromatic carbocycles. The highest BCUT2D eigenvalue weighted by Crippen LogP contribution is 2.16. The summed E-state index contributed by atoms with van der Waals surface area (Å²) in [6.45, 7) is 11.6. The summed E-state index contributed by atoms with van der Waals surface area (Å²) < 4.78 is 4.97. The minimum Gasteiger partial charge on any atom is -0.463 e. The Morgan fingerprint density at radius 2 is 1.71 bits per heavy atom. The molecule has 0 spiro atoms. The molecule has 0 bridgehead atoms. The van der Waals surface area contributed by atoms with Crippen LogP contribution in [0.2, 0.25) is 0 Å². The Bertz CT molecular complexity index is 389. The van der Waals surface area contributed by atoms with Crippen molar-refractivity contribution in [2.75, 3.05) is 13.7 Å². The number of hydrogen-bond acceptors (Lipinski definition) is 4. The Balaban J connectivity index is 5.19. The van der Waals surface area contributed by atoms with Gasteiger partial charge in [-0.1, -0.05) is 33.8 Å². The number of nitrogens with two attached hydrogens (primary N) is 1. The van der Waals surface area contributed by atoms with Crippen molar-refractivity contribution >= 4 is 11.9 Å². The first-order valence-corrected chi connectivity index (χ1v) is 7.51. The first-order chi connectivity index (χ1) is 9.63. The summed E-state index contributed by atoms with van der Waals surface area (Å²) >= 11 is 0. The molecule has 5 heteroatoms. The van der Waals surface area contributed by atoms with Crippen LogP contribution in [0.4, 0.5) is 0 Å². The van der Waals surface area contributed by atoms with Crippen molar-refractivity contribution in [3.05, 3.63) is 11.6 Å². The number of hydrogen-bond donors (Lipinski definition) is 1. The molecule has 1 amide bonds. The van der Waals surface area contributed by atoms with E-state index in [1.165, 1.54) is 0 Å². The number of likely N-dealkylation sites (N-methyl/N-ethyl adjacent to an activating group) is 1.